The van der Waals surface area contributed by atoms with Crippen LogP contribution in [0.3, 0.4) is 0 Å². The van der Waals surface area contributed by atoms with Gasteiger partial charge < -0.3 is 15.0 Å². The van der Waals surface area contributed by atoms with Crippen molar-refractivity contribution in [2.24, 2.45) is 0 Å². The molecule has 1 aliphatic rings. The average Bonchev–Trinajstić information content (AvgIpc) is 3.15. The summed E-state index contributed by atoms with van der Waals surface area (Å²) in [7, 11) is 1.85. The molecule has 1 amide bonds. The van der Waals surface area contributed by atoms with Gasteiger partial charge in [0.15, 0.2) is 0 Å². The first kappa shape index (κ1) is 19.6. The molecule has 1 heterocycles. The molecule has 1 N–H and O–H groups in total. The number of carbonyl (C=O) groups excluding carboxylic acids is 1. The lowest BCUT2D eigenvalue weighted by Gasteiger charge is -2.24. The number of hydrogen-bond acceptors (Lipinski definition) is 3. The average molecular weight is 381 g/mol. The molecule has 4 nitrogen and oxygen atoms in total. The number of rotatable bonds is 5. The first-order chi connectivity index (χ1) is 11.7. The summed E-state index contributed by atoms with van der Waals surface area (Å²) in [6, 6.07) is 15.1. The molecule has 0 bridgehead atoms. The fraction of sp³-hybridized carbons (Fsp3) is 0.316. The summed E-state index contributed by atoms with van der Waals surface area (Å²) in [5, 5.41) is 3.95. The van der Waals surface area contributed by atoms with Crippen LogP contribution in [0.5, 0.6) is 5.75 Å². The van der Waals surface area contributed by atoms with E-state index in [0.717, 1.165) is 25.1 Å². The summed E-state index contributed by atoms with van der Waals surface area (Å²) in [5.74, 6) is 0.568. The fourth-order valence-electron chi connectivity index (χ4n) is 2.87. The Labute approximate surface area is 159 Å². The molecule has 0 aliphatic carbocycles. The minimum absolute atomic E-state index is 0. The van der Waals surface area contributed by atoms with Crippen LogP contribution in [-0.4, -0.2) is 37.0 Å². The second kappa shape index (κ2) is 9.09. The number of hydrogen-bond donors (Lipinski definition) is 1. The molecule has 0 saturated carbocycles. The summed E-state index contributed by atoms with van der Waals surface area (Å²) in [6.07, 6.45) is 0.977. The zero-order valence-corrected chi connectivity index (χ0v) is 15.6. The van der Waals surface area contributed by atoms with E-state index in [2.05, 4.69) is 5.32 Å². The Hall–Kier alpha value is -1.75. The lowest BCUT2D eigenvalue weighted by atomic mass is 10.1. The van der Waals surface area contributed by atoms with Crippen molar-refractivity contribution >= 4 is 29.9 Å². The van der Waals surface area contributed by atoms with Gasteiger partial charge in [0, 0.05) is 30.2 Å². The molecular formula is C19H22Cl2N2O2. The Morgan fingerprint density at radius 1 is 1.24 bits per heavy atom. The van der Waals surface area contributed by atoms with E-state index in [1.165, 1.54) is 0 Å². The van der Waals surface area contributed by atoms with Crippen LogP contribution in [0.2, 0.25) is 5.02 Å². The zero-order chi connectivity index (χ0) is 16.9. The minimum Gasteiger partial charge on any atom is -0.488 e. The lowest BCUT2D eigenvalue weighted by Crippen LogP contribution is -2.38. The van der Waals surface area contributed by atoms with Crippen LogP contribution in [0.15, 0.2) is 48.5 Å². The second-order valence-electron chi connectivity index (χ2n) is 5.94. The van der Waals surface area contributed by atoms with Crippen molar-refractivity contribution in [2.45, 2.75) is 19.1 Å². The first-order valence-corrected chi connectivity index (χ1v) is 8.47. The van der Waals surface area contributed by atoms with Crippen LogP contribution in [0.25, 0.3) is 0 Å². The number of halogens is 2. The van der Waals surface area contributed by atoms with Crippen LogP contribution in [0, 0.1) is 0 Å². The number of nitrogens with zero attached hydrogens (tertiary/aromatic N) is 1. The third kappa shape index (κ3) is 4.66. The van der Waals surface area contributed by atoms with Gasteiger partial charge in [0.1, 0.15) is 12.4 Å². The molecule has 1 saturated heterocycles. The summed E-state index contributed by atoms with van der Waals surface area (Å²) in [5.41, 5.74) is 1.48. The van der Waals surface area contributed by atoms with Crippen LogP contribution >= 0.6 is 24.0 Å². The van der Waals surface area contributed by atoms with Crippen molar-refractivity contribution in [3.8, 4) is 5.75 Å². The van der Waals surface area contributed by atoms with Crippen LogP contribution in [-0.2, 0) is 6.61 Å². The fourth-order valence-corrected chi connectivity index (χ4v) is 3.06. The second-order valence-corrected chi connectivity index (χ2v) is 6.35. The molecule has 2 aromatic carbocycles. The highest BCUT2D eigenvalue weighted by Crippen LogP contribution is 2.24. The predicted octanol–water partition coefficient (Wildman–Crippen LogP) is 3.77. The maximum Gasteiger partial charge on any atom is 0.257 e. The molecule has 1 unspecified atom stereocenters. The Kier molecular flexibility index (Phi) is 7.12. The predicted molar refractivity (Wildman–Crippen MR) is 103 cm³/mol. The smallest absolute Gasteiger partial charge is 0.257 e. The number of benzene rings is 2. The molecule has 0 radical (unpaired) electrons. The molecule has 2 aromatic rings. The van der Waals surface area contributed by atoms with Crippen molar-refractivity contribution in [3.05, 3.63) is 64.7 Å². The van der Waals surface area contributed by atoms with Crippen LogP contribution in [0.4, 0.5) is 0 Å². The molecule has 1 atom stereocenters. The van der Waals surface area contributed by atoms with Gasteiger partial charge in [-0.3, -0.25) is 4.79 Å². The molecule has 134 valence electrons. The first-order valence-electron chi connectivity index (χ1n) is 8.10. The third-order valence-electron chi connectivity index (χ3n) is 4.36. The van der Waals surface area contributed by atoms with Gasteiger partial charge >= 0.3 is 0 Å². The number of likely N-dealkylation sites (N-methyl/N-ethyl adjacent to an activating group) is 1. The van der Waals surface area contributed by atoms with Gasteiger partial charge in [-0.2, -0.15) is 0 Å². The van der Waals surface area contributed by atoms with Gasteiger partial charge in [-0.05, 0) is 31.2 Å². The summed E-state index contributed by atoms with van der Waals surface area (Å²) in [6.45, 7) is 2.12. The van der Waals surface area contributed by atoms with E-state index < -0.39 is 0 Å². The highest BCUT2D eigenvalue weighted by molar-refractivity contribution is 6.31. The highest BCUT2D eigenvalue weighted by Gasteiger charge is 2.25. The molecule has 0 aromatic heterocycles. The maximum atomic E-state index is 12.8. The topological polar surface area (TPSA) is 41.6 Å². The molecule has 25 heavy (non-hydrogen) atoms. The monoisotopic (exact) mass is 380 g/mol. The molecule has 3 rings (SSSR count). The van der Waals surface area contributed by atoms with Crippen molar-refractivity contribution in [1.29, 1.82) is 0 Å². The third-order valence-corrected chi connectivity index (χ3v) is 4.73. The van der Waals surface area contributed by atoms with Gasteiger partial charge in [-0.25, -0.2) is 0 Å². The highest BCUT2D eigenvalue weighted by atomic mass is 35.5. The molecule has 0 spiro atoms. The summed E-state index contributed by atoms with van der Waals surface area (Å²) >= 11 is 6.17. The summed E-state index contributed by atoms with van der Waals surface area (Å²) in [4.78, 5) is 14.6. The van der Waals surface area contributed by atoms with Gasteiger partial charge in [0.25, 0.3) is 5.91 Å². The van der Waals surface area contributed by atoms with E-state index in [-0.39, 0.29) is 24.4 Å². The Morgan fingerprint density at radius 2 is 1.96 bits per heavy atom. The van der Waals surface area contributed by atoms with Crippen molar-refractivity contribution in [2.75, 3.05) is 20.1 Å². The van der Waals surface area contributed by atoms with E-state index in [9.17, 15) is 4.79 Å². The maximum absolute atomic E-state index is 12.8. The van der Waals surface area contributed by atoms with Gasteiger partial charge in [-0.1, -0.05) is 41.9 Å². The number of ether oxygens (including phenoxy) is 1. The van der Waals surface area contributed by atoms with E-state index in [1.54, 1.807) is 4.90 Å². The molecule has 1 fully saturated rings. The SMILES string of the molecule is CN(C(=O)c1ccccc1OCc1ccccc1Cl)C1CCNC1.Cl. The minimum atomic E-state index is -0.0153. The standard InChI is InChI=1S/C19H21ClN2O2.ClH/c1-22(15-10-11-21-12-15)19(23)16-7-3-5-9-18(16)24-13-14-6-2-4-8-17(14)20;/h2-9,15,21H,10-13H2,1H3;1H. The molecule has 6 heteroatoms. The van der Waals surface area contributed by atoms with E-state index in [1.807, 2.05) is 55.6 Å². The largest absolute Gasteiger partial charge is 0.488 e. The number of nitrogens with one attached hydrogen (secondary N) is 1. The Morgan fingerprint density at radius 3 is 2.68 bits per heavy atom. The van der Waals surface area contributed by atoms with E-state index in [4.69, 9.17) is 16.3 Å². The number of amides is 1. The quantitative estimate of drug-likeness (QED) is 0.857. The number of carbonyl (C=O) groups is 1. The van der Waals surface area contributed by atoms with Crippen molar-refractivity contribution < 1.29 is 9.53 Å². The normalized spacial score (nSPS) is 16.2. The Balaban J connectivity index is 0.00000225. The van der Waals surface area contributed by atoms with Crippen molar-refractivity contribution in [1.82, 2.24) is 10.2 Å². The number of para-hydroxylation sites is 1. The van der Waals surface area contributed by atoms with E-state index in [0.29, 0.717) is 22.9 Å². The lowest BCUT2D eigenvalue weighted by molar-refractivity contribution is 0.0739. The molecule has 1 aliphatic heterocycles. The van der Waals surface area contributed by atoms with Crippen LogP contribution in [0.1, 0.15) is 22.3 Å². The van der Waals surface area contributed by atoms with Gasteiger partial charge in [0.05, 0.1) is 5.56 Å². The van der Waals surface area contributed by atoms with Gasteiger partial charge in [-0.15, -0.1) is 12.4 Å². The molecular weight excluding hydrogens is 359 g/mol. The van der Waals surface area contributed by atoms with Crippen LogP contribution < -0.4 is 10.1 Å². The Bertz CT molecular complexity index is 718. The van der Waals surface area contributed by atoms with E-state index >= 15 is 0 Å². The van der Waals surface area contributed by atoms with Crippen molar-refractivity contribution in [3.63, 3.8) is 0 Å². The zero-order valence-electron chi connectivity index (χ0n) is 14.1. The van der Waals surface area contributed by atoms with Gasteiger partial charge in [0.2, 0.25) is 0 Å². The summed E-state index contributed by atoms with van der Waals surface area (Å²) < 4.78 is 5.89.